The molecule has 0 fully saturated rings. The summed E-state index contributed by atoms with van der Waals surface area (Å²) in [5, 5.41) is 3.17. The first-order valence-electron chi connectivity index (χ1n) is 4.51. The van der Waals surface area contributed by atoms with E-state index >= 15 is 0 Å². The van der Waals surface area contributed by atoms with Crippen LogP contribution in [0.1, 0.15) is 27.2 Å². The predicted octanol–water partition coefficient (Wildman–Crippen LogP) is 1.51. The molecule has 0 radical (unpaired) electrons. The zero-order valence-electron chi connectivity index (χ0n) is 8.13. The fourth-order valence-corrected chi connectivity index (χ4v) is 1.38. The van der Waals surface area contributed by atoms with Crippen LogP contribution in [0.2, 0.25) is 0 Å². The Morgan fingerprint density at radius 2 is 2.08 bits per heavy atom. The number of nitrogens with one attached hydrogen (secondary N) is 1. The molecule has 0 saturated heterocycles. The third-order valence-corrected chi connectivity index (χ3v) is 2.04. The molecule has 1 N–H and O–H groups in total. The molecule has 0 aromatic rings. The SMILES string of the molecule is CCN[C@@H](CCS)C(=O)C(C)C. The number of ketones is 1. The highest BCUT2D eigenvalue weighted by Gasteiger charge is 2.18. The standard InChI is InChI=1S/C9H19NOS/c1-4-10-8(5-6-12)9(11)7(2)3/h7-8,10,12H,4-6H2,1-3H3/t8-/m0/s1. The average Bonchev–Trinajstić information content (AvgIpc) is 2.03. The number of Topliss-reactive ketones (excluding diaryl/α,β-unsaturated/α-hetero) is 1. The number of carbonyl (C=O) groups is 1. The van der Waals surface area contributed by atoms with E-state index in [-0.39, 0.29) is 12.0 Å². The van der Waals surface area contributed by atoms with Gasteiger partial charge in [-0.3, -0.25) is 4.79 Å². The molecular formula is C9H19NOS. The van der Waals surface area contributed by atoms with Gasteiger partial charge in [0, 0.05) is 5.92 Å². The van der Waals surface area contributed by atoms with Crippen molar-refractivity contribution in [2.45, 2.75) is 33.2 Å². The lowest BCUT2D eigenvalue weighted by atomic mass is 10.00. The summed E-state index contributed by atoms with van der Waals surface area (Å²) in [4.78, 5) is 11.5. The first-order valence-corrected chi connectivity index (χ1v) is 5.14. The summed E-state index contributed by atoms with van der Waals surface area (Å²) in [6, 6.07) is 0.00694. The minimum atomic E-state index is 0.00694. The van der Waals surface area contributed by atoms with E-state index in [0.29, 0.717) is 5.78 Å². The van der Waals surface area contributed by atoms with Crippen molar-refractivity contribution in [2.75, 3.05) is 12.3 Å². The van der Waals surface area contributed by atoms with Crippen molar-refractivity contribution in [2.24, 2.45) is 5.92 Å². The van der Waals surface area contributed by atoms with E-state index in [1.165, 1.54) is 0 Å². The highest BCUT2D eigenvalue weighted by atomic mass is 32.1. The number of likely N-dealkylation sites (N-methyl/N-ethyl adjacent to an activating group) is 1. The molecule has 0 amide bonds. The van der Waals surface area contributed by atoms with Crippen LogP contribution >= 0.6 is 12.6 Å². The lowest BCUT2D eigenvalue weighted by Gasteiger charge is -2.17. The van der Waals surface area contributed by atoms with Crippen LogP contribution in [0.5, 0.6) is 0 Å². The molecule has 12 heavy (non-hydrogen) atoms. The molecular weight excluding hydrogens is 170 g/mol. The molecule has 0 aliphatic rings. The van der Waals surface area contributed by atoms with Gasteiger partial charge in [-0.15, -0.1) is 0 Å². The van der Waals surface area contributed by atoms with Gasteiger partial charge in [0.15, 0.2) is 5.78 Å². The molecule has 0 aromatic carbocycles. The maximum Gasteiger partial charge on any atom is 0.152 e. The Hall–Kier alpha value is -0.0200. The molecule has 0 spiro atoms. The second-order valence-corrected chi connectivity index (χ2v) is 3.63. The van der Waals surface area contributed by atoms with Gasteiger partial charge in [0.1, 0.15) is 0 Å². The second-order valence-electron chi connectivity index (χ2n) is 3.18. The van der Waals surface area contributed by atoms with E-state index < -0.39 is 0 Å². The van der Waals surface area contributed by atoms with Crippen LogP contribution in [0.15, 0.2) is 0 Å². The van der Waals surface area contributed by atoms with Crippen LogP contribution in [0, 0.1) is 5.92 Å². The van der Waals surface area contributed by atoms with Gasteiger partial charge in [-0.2, -0.15) is 12.6 Å². The number of hydrogen-bond donors (Lipinski definition) is 2. The van der Waals surface area contributed by atoms with Crippen molar-refractivity contribution >= 4 is 18.4 Å². The first kappa shape index (κ1) is 12.0. The van der Waals surface area contributed by atoms with Crippen molar-refractivity contribution in [3.63, 3.8) is 0 Å². The summed E-state index contributed by atoms with van der Waals surface area (Å²) < 4.78 is 0. The number of carbonyl (C=O) groups excluding carboxylic acids is 1. The molecule has 0 rings (SSSR count). The topological polar surface area (TPSA) is 29.1 Å². The van der Waals surface area contributed by atoms with Gasteiger partial charge < -0.3 is 5.32 Å². The lowest BCUT2D eigenvalue weighted by Crippen LogP contribution is -2.39. The van der Waals surface area contributed by atoms with Crippen LogP contribution < -0.4 is 5.32 Å². The third kappa shape index (κ3) is 4.12. The van der Waals surface area contributed by atoms with Crippen LogP contribution in [0.3, 0.4) is 0 Å². The van der Waals surface area contributed by atoms with Gasteiger partial charge in [-0.25, -0.2) is 0 Å². The Labute approximate surface area is 80.5 Å². The summed E-state index contributed by atoms with van der Waals surface area (Å²) in [6.45, 7) is 6.73. The fraction of sp³-hybridized carbons (Fsp3) is 0.889. The zero-order chi connectivity index (χ0) is 9.56. The molecule has 3 heteroatoms. The molecule has 0 aliphatic carbocycles. The Morgan fingerprint density at radius 1 is 1.50 bits per heavy atom. The molecule has 2 nitrogen and oxygen atoms in total. The maximum atomic E-state index is 11.5. The van der Waals surface area contributed by atoms with Gasteiger partial charge in [-0.05, 0) is 18.7 Å². The molecule has 0 saturated carbocycles. The van der Waals surface area contributed by atoms with E-state index in [2.05, 4.69) is 17.9 Å². The van der Waals surface area contributed by atoms with Crippen LogP contribution in [0.4, 0.5) is 0 Å². The van der Waals surface area contributed by atoms with Crippen molar-refractivity contribution in [3.05, 3.63) is 0 Å². The summed E-state index contributed by atoms with van der Waals surface area (Å²) in [6.07, 6.45) is 0.827. The first-order chi connectivity index (χ1) is 5.63. The summed E-state index contributed by atoms with van der Waals surface area (Å²) in [7, 11) is 0. The van der Waals surface area contributed by atoms with E-state index in [1.807, 2.05) is 20.8 Å². The van der Waals surface area contributed by atoms with Crippen molar-refractivity contribution < 1.29 is 4.79 Å². The minimum Gasteiger partial charge on any atom is -0.308 e. The Morgan fingerprint density at radius 3 is 2.42 bits per heavy atom. The monoisotopic (exact) mass is 189 g/mol. The van der Waals surface area contributed by atoms with Gasteiger partial charge in [0.05, 0.1) is 6.04 Å². The number of thiol groups is 1. The number of hydrogen-bond acceptors (Lipinski definition) is 3. The summed E-state index contributed by atoms with van der Waals surface area (Å²) in [5.41, 5.74) is 0. The summed E-state index contributed by atoms with van der Waals surface area (Å²) in [5.74, 6) is 1.18. The van der Waals surface area contributed by atoms with E-state index in [4.69, 9.17) is 0 Å². The molecule has 72 valence electrons. The lowest BCUT2D eigenvalue weighted by molar-refractivity contribution is -0.124. The molecule has 0 heterocycles. The van der Waals surface area contributed by atoms with E-state index in [0.717, 1.165) is 18.7 Å². The maximum absolute atomic E-state index is 11.5. The Bertz CT molecular complexity index is 130. The van der Waals surface area contributed by atoms with Crippen LogP contribution in [0.25, 0.3) is 0 Å². The zero-order valence-corrected chi connectivity index (χ0v) is 9.03. The van der Waals surface area contributed by atoms with Crippen molar-refractivity contribution in [1.82, 2.24) is 5.32 Å². The number of rotatable bonds is 6. The van der Waals surface area contributed by atoms with Gasteiger partial charge in [-0.1, -0.05) is 20.8 Å². The quantitative estimate of drug-likeness (QED) is 0.620. The molecule has 0 unspecified atom stereocenters. The highest BCUT2D eigenvalue weighted by molar-refractivity contribution is 7.80. The smallest absolute Gasteiger partial charge is 0.152 e. The van der Waals surface area contributed by atoms with E-state index in [9.17, 15) is 4.79 Å². The van der Waals surface area contributed by atoms with Crippen molar-refractivity contribution in [3.8, 4) is 0 Å². The Kier molecular flexibility index (Phi) is 6.48. The third-order valence-electron chi connectivity index (χ3n) is 1.78. The molecule has 0 bridgehead atoms. The van der Waals surface area contributed by atoms with Crippen molar-refractivity contribution in [1.29, 1.82) is 0 Å². The summed E-state index contributed by atoms with van der Waals surface area (Å²) >= 11 is 4.12. The van der Waals surface area contributed by atoms with Gasteiger partial charge in [0.2, 0.25) is 0 Å². The van der Waals surface area contributed by atoms with Gasteiger partial charge in [0.25, 0.3) is 0 Å². The van der Waals surface area contributed by atoms with Gasteiger partial charge >= 0.3 is 0 Å². The predicted molar refractivity (Wildman–Crippen MR) is 55.8 cm³/mol. The normalized spacial score (nSPS) is 13.4. The molecule has 0 aromatic heterocycles. The molecule has 1 atom stereocenters. The van der Waals surface area contributed by atoms with Crippen LogP contribution in [-0.2, 0) is 4.79 Å². The second kappa shape index (κ2) is 6.49. The fourth-order valence-electron chi connectivity index (χ4n) is 1.12. The largest absolute Gasteiger partial charge is 0.308 e. The highest BCUT2D eigenvalue weighted by Crippen LogP contribution is 2.04. The minimum absolute atomic E-state index is 0.00694. The average molecular weight is 189 g/mol. The van der Waals surface area contributed by atoms with E-state index in [1.54, 1.807) is 0 Å². The Balaban J connectivity index is 3.99. The molecule has 0 aliphatic heterocycles. The van der Waals surface area contributed by atoms with Crippen LogP contribution in [-0.4, -0.2) is 24.1 Å².